The molecule has 14 heteroatoms. The molecule has 1 fully saturated rings. The third-order valence-electron chi connectivity index (χ3n) is 6.88. The van der Waals surface area contributed by atoms with Crippen molar-refractivity contribution in [3.63, 3.8) is 0 Å². The summed E-state index contributed by atoms with van der Waals surface area (Å²) in [6.45, 7) is 8.03. The van der Waals surface area contributed by atoms with E-state index in [1.165, 1.54) is 19.4 Å². The highest BCUT2D eigenvalue weighted by atomic mass is 32.2. The molecule has 0 spiro atoms. The Morgan fingerprint density at radius 2 is 2.03 bits per heavy atom. The van der Waals surface area contributed by atoms with Crippen LogP contribution >= 0.6 is 0 Å². The van der Waals surface area contributed by atoms with Gasteiger partial charge >= 0.3 is 0 Å². The molecule has 4 aromatic heterocycles. The first-order chi connectivity index (χ1) is 18.7. The lowest BCUT2D eigenvalue weighted by Crippen LogP contribution is -2.52. The van der Waals surface area contributed by atoms with E-state index in [4.69, 9.17) is 14.7 Å². The van der Waals surface area contributed by atoms with Crippen LogP contribution in [0.5, 0.6) is 5.88 Å². The van der Waals surface area contributed by atoms with E-state index >= 15 is 0 Å². The standard InChI is InChI=1S/C25H30FN9O3S/c1-14-11-34(13-39(36)37)5-6-35(14)15(2)17-7-19(21-22-24(30-12-29-22)32-16(3)31-21)23(27-9-17)33-18-8-20(26)25(38-4)28-10-18/h7-10,12,14-15,39H,5-6,11,13H2,1-4H3,(H,27,33)(H,29,30,31,32)/t14-,15+/m0/s1. The third kappa shape index (κ3) is 5.67. The number of nitrogens with one attached hydrogen (secondary N) is 2. The number of imidazole rings is 1. The molecule has 0 amide bonds. The smallest absolute Gasteiger partial charge is 0.250 e. The number of aryl methyl sites for hydroxylation is 1. The van der Waals surface area contributed by atoms with E-state index in [1.807, 2.05) is 11.0 Å². The number of anilines is 2. The van der Waals surface area contributed by atoms with Crippen LogP contribution in [0.4, 0.5) is 15.9 Å². The number of rotatable bonds is 8. The molecule has 0 aromatic carbocycles. The average Bonchev–Trinajstić information content (AvgIpc) is 3.36. The van der Waals surface area contributed by atoms with Gasteiger partial charge in [0, 0.05) is 49.5 Å². The van der Waals surface area contributed by atoms with E-state index in [9.17, 15) is 12.8 Å². The first kappa shape index (κ1) is 26.8. The zero-order valence-electron chi connectivity index (χ0n) is 22.1. The molecule has 1 saturated heterocycles. The van der Waals surface area contributed by atoms with Crippen molar-refractivity contribution in [2.45, 2.75) is 32.9 Å². The Kier molecular flexibility index (Phi) is 7.68. The molecular formula is C25H30FN9O3S. The van der Waals surface area contributed by atoms with Gasteiger partial charge in [-0.15, -0.1) is 0 Å². The minimum atomic E-state index is -2.45. The Morgan fingerprint density at radius 3 is 2.74 bits per heavy atom. The zero-order chi connectivity index (χ0) is 27.7. The lowest BCUT2D eigenvalue weighted by atomic mass is 10.0. The number of ether oxygens (including phenoxy) is 1. The van der Waals surface area contributed by atoms with Gasteiger partial charge in [-0.1, -0.05) is 0 Å². The molecular weight excluding hydrogens is 525 g/mol. The van der Waals surface area contributed by atoms with Gasteiger partial charge in [-0.05, 0) is 32.4 Å². The Morgan fingerprint density at radius 1 is 1.21 bits per heavy atom. The van der Waals surface area contributed by atoms with Crippen LogP contribution in [0.3, 0.4) is 0 Å². The lowest BCUT2D eigenvalue weighted by Gasteiger charge is -2.42. The summed E-state index contributed by atoms with van der Waals surface area (Å²) in [6.07, 6.45) is 4.82. The topological polar surface area (TPSA) is 142 Å². The van der Waals surface area contributed by atoms with E-state index in [0.717, 1.165) is 5.56 Å². The van der Waals surface area contributed by atoms with Crippen LogP contribution in [0, 0.1) is 12.7 Å². The van der Waals surface area contributed by atoms with Crippen molar-refractivity contribution in [1.82, 2.24) is 39.7 Å². The summed E-state index contributed by atoms with van der Waals surface area (Å²) in [7, 11) is -1.10. The maximum Gasteiger partial charge on any atom is 0.250 e. The van der Waals surface area contributed by atoms with Crippen LogP contribution in [0.2, 0.25) is 0 Å². The average molecular weight is 556 g/mol. The van der Waals surface area contributed by atoms with E-state index in [-0.39, 0.29) is 23.8 Å². The van der Waals surface area contributed by atoms with Gasteiger partial charge in [0.05, 0.1) is 31.2 Å². The van der Waals surface area contributed by atoms with Crippen molar-refractivity contribution in [3.05, 3.63) is 48.1 Å². The molecule has 2 atom stereocenters. The molecule has 5 heterocycles. The van der Waals surface area contributed by atoms with Crippen LogP contribution in [0.15, 0.2) is 30.9 Å². The highest BCUT2D eigenvalue weighted by molar-refractivity contribution is 7.72. The predicted molar refractivity (Wildman–Crippen MR) is 145 cm³/mol. The number of hydrogen-bond acceptors (Lipinski definition) is 11. The number of fused-ring (bicyclic) bond motifs is 1. The second-order valence-electron chi connectivity index (χ2n) is 9.54. The van der Waals surface area contributed by atoms with Gasteiger partial charge in [-0.25, -0.2) is 37.7 Å². The van der Waals surface area contributed by atoms with Crippen LogP contribution in [-0.4, -0.2) is 86.8 Å². The Hall–Kier alpha value is -3.75. The molecule has 5 rings (SSSR count). The summed E-state index contributed by atoms with van der Waals surface area (Å²) >= 11 is 0. The number of piperazine rings is 1. The van der Waals surface area contributed by atoms with Crippen molar-refractivity contribution < 1.29 is 17.5 Å². The SMILES string of the molecule is COc1ncc(Nc2ncc([C@@H](C)N3CCN(C[SH](=O)=O)C[C@@H]3C)cc2-c2nc(C)nc3[nH]cnc23)cc1F. The molecule has 1 aliphatic rings. The molecule has 0 saturated carbocycles. The van der Waals surface area contributed by atoms with Crippen LogP contribution in [-0.2, 0) is 10.7 Å². The van der Waals surface area contributed by atoms with Gasteiger partial charge in [-0.2, -0.15) is 0 Å². The summed E-state index contributed by atoms with van der Waals surface area (Å²) < 4.78 is 41.7. The number of pyridine rings is 2. The number of methoxy groups -OCH3 is 1. The van der Waals surface area contributed by atoms with Gasteiger partial charge in [0.15, 0.2) is 22.2 Å². The normalized spacial score (nSPS) is 17.5. The molecule has 4 aromatic rings. The number of aromatic nitrogens is 6. The number of thiol groups is 1. The van der Waals surface area contributed by atoms with Crippen molar-refractivity contribution in [2.75, 3.05) is 37.9 Å². The molecule has 2 N–H and O–H groups in total. The molecule has 1 aliphatic heterocycles. The van der Waals surface area contributed by atoms with Crippen molar-refractivity contribution in [2.24, 2.45) is 0 Å². The minimum absolute atomic E-state index is 0.0128. The molecule has 0 bridgehead atoms. The summed E-state index contributed by atoms with van der Waals surface area (Å²) in [6, 6.07) is 3.43. The molecule has 0 radical (unpaired) electrons. The van der Waals surface area contributed by atoms with E-state index < -0.39 is 16.5 Å². The summed E-state index contributed by atoms with van der Waals surface area (Å²) in [5, 5.41) is 3.17. The Balaban J connectivity index is 1.53. The molecule has 0 aliphatic carbocycles. The maximum absolute atomic E-state index is 14.4. The van der Waals surface area contributed by atoms with Gasteiger partial charge in [-0.3, -0.25) is 9.80 Å². The third-order valence-corrected chi connectivity index (χ3v) is 7.51. The minimum Gasteiger partial charge on any atom is -0.479 e. The highest BCUT2D eigenvalue weighted by Crippen LogP contribution is 2.35. The lowest BCUT2D eigenvalue weighted by molar-refractivity contribution is 0.0635. The van der Waals surface area contributed by atoms with Gasteiger partial charge in [0.1, 0.15) is 22.9 Å². The largest absolute Gasteiger partial charge is 0.479 e. The van der Waals surface area contributed by atoms with Crippen LogP contribution in [0.1, 0.15) is 31.3 Å². The van der Waals surface area contributed by atoms with E-state index in [1.54, 1.807) is 19.4 Å². The Bertz CT molecular complexity index is 1570. The van der Waals surface area contributed by atoms with Crippen molar-refractivity contribution >= 4 is 33.4 Å². The fourth-order valence-corrected chi connectivity index (χ4v) is 5.59. The van der Waals surface area contributed by atoms with Crippen LogP contribution < -0.4 is 10.1 Å². The van der Waals surface area contributed by atoms with Gasteiger partial charge < -0.3 is 15.0 Å². The van der Waals surface area contributed by atoms with E-state index in [0.29, 0.717) is 59.4 Å². The summed E-state index contributed by atoms with van der Waals surface area (Å²) in [5.74, 6) is 0.388. The first-order valence-corrected chi connectivity index (χ1v) is 13.8. The number of halogens is 1. The first-order valence-electron chi connectivity index (χ1n) is 12.5. The van der Waals surface area contributed by atoms with Crippen molar-refractivity contribution in [1.29, 1.82) is 0 Å². The second kappa shape index (κ2) is 11.2. The monoisotopic (exact) mass is 555 g/mol. The maximum atomic E-state index is 14.4. The number of hydrogen-bond donors (Lipinski definition) is 3. The highest BCUT2D eigenvalue weighted by Gasteiger charge is 2.29. The quantitative estimate of drug-likeness (QED) is 0.276. The second-order valence-corrected chi connectivity index (χ2v) is 10.5. The zero-order valence-corrected chi connectivity index (χ0v) is 22.9. The fraction of sp³-hybridized carbons (Fsp3) is 0.400. The predicted octanol–water partition coefficient (Wildman–Crippen LogP) is 2.65. The number of nitrogens with zero attached hydrogens (tertiary/aromatic N) is 7. The number of aromatic amines is 1. The summed E-state index contributed by atoms with van der Waals surface area (Å²) in [5.41, 5.74) is 3.79. The summed E-state index contributed by atoms with van der Waals surface area (Å²) in [4.78, 5) is 29.6. The van der Waals surface area contributed by atoms with Gasteiger partial charge in [0.2, 0.25) is 5.88 Å². The van der Waals surface area contributed by atoms with Crippen molar-refractivity contribution in [3.8, 4) is 17.1 Å². The molecule has 39 heavy (non-hydrogen) atoms. The molecule has 206 valence electrons. The Labute approximate surface area is 226 Å². The van der Waals surface area contributed by atoms with E-state index in [2.05, 4.69) is 44.0 Å². The fourth-order valence-electron chi connectivity index (χ4n) is 5.01. The van der Waals surface area contributed by atoms with Gasteiger partial charge in [0.25, 0.3) is 0 Å². The molecule has 12 nitrogen and oxygen atoms in total. The molecule has 0 unspecified atom stereocenters. The number of H-pyrrole nitrogens is 1. The van der Waals surface area contributed by atoms with Crippen LogP contribution in [0.25, 0.3) is 22.4 Å².